The highest BCUT2D eigenvalue weighted by Crippen LogP contribution is 2.38. The van der Waals surface area contributed by atoms with Crippen LogP contribution in [-0.2, 0) is 16.1 Å². The molecule has 1 aliphatic rings. The molecule has 11 heteroatoms. The van der Waals surface area contributed by atoms with E-state index in [1.165, 1.54) is 18.4 Å². The first kappa shape index (κ1) is 33.5. The molecule has 9 nitrogen and oxygen atoms in total. The minimum Gasteiger partial charge on any atom is -0.493 e. The Balaban J connectivity index is 1.46. The normalized spacial score (nSPS) is 14.0. The Morgan fingerprint density at radius 1 is 0.980 bits per heavy atom. The second kappa shape index (κ2) is 14.8. The molecule has 246 valence electrons. The molecule has 0 saturated heterocycles. The summed E-state index contributed by atoms with van der Waals surface area (Å²) in [5, 5.41) is 9.04. The van der Waals surface area contributed by atoms with Crippen LogP contribution >= 0.6 is 27.3 Å². The van der Waals surface area contributed by atoms with Crippen LogP contribution < -0.4 is 29.1 Å². The van der Waals surface area contributed by atoms with Gasteiger partial charge < -0.3 is 18.9 Å². The lowest BCUT2D eigenvalue weighted by Gasteiger charge is -2.26. The molecule has 1 atom stereocenters. The average Bonchev–Trinajstić information content (AvgIpc) is 3.44. The number of carbonyl (C=O) groups excluding carboxylic acids is 1. The van der Waals surface area contributed by atoms with Crippen molar-refractivity contribution < 1.29 is 23.7 Å². The molecular formula is C38H30BrN3O6S. The zero-order valence-corrected chi connectivity index (χ0v) is 29.2. The van der Waals surface area contributed by atoms with E-state index in [0.717, 1.165) is 11.1 Å². The number of fused-ring (bicyclic) bond motifs is 1. The van der Waals surface area contributed by atoms with Gasteiger partial charge in [-0.2, -0.15) is 5.26 Å². The molecule has 49 heavy (non-hydrogen) atoms. The Hall–Kier alpha value is -5.44. The van der Waals surface area contributed by atoms with Crippen LogP contribution in [0.2, 0.25) is 0 Å². The first-order valence-electron chi connectivity index (χ1n) is 15.3. The van der Waals surface area contributed by atoms with Gasteiger partial charge in [0.05, 0.1) is 58.8 Å². The maximum atomic E-state index is 14.3. The van der Waals surface area contributed by atoms with Gasteiger partial charge in [0.2, 0.25) is 0 Å². The van der Waals surface area contributed by atoms with Crippen LogP contribution in [0.15, 0.2) is 111 Å². The fourth-order valence-corrected chi connectivity index (χ4v) is 7.00. The molecule has 0 spiro atoms. The molecule has 5 aromatic rings. The lowest BCUT2D eigenvalue weighted by Crippen LogP contribution is -2.40. The van der Waals surface area contributed by atoms with Crippen LogP contribution in [0, 0.1) is 11.3 Å². The number of methoxy groups -OCH3 is 2. The number of aromatic nitrogens is 1. The number of nitriles is 1. The van der Waals surface area contributed by atoms with Gasteiger partial charge >= 0.3 is 5.97 Å². The highest BCUT2D eigenvalue weighted by molar-refractivity contribution is 9.10. The fourth-order valence-electron chi connectivity index (χ4n) is 5.49. The molecule has 0 fully saturated rings. The number of hydrogen-bond donors (Lipinski definition) is 0. The highest BCUT2D eigenvalue weighted by atomic mass is 79.9. The summed E-state index contributed by atoms with van der Waals surface area (Å²) in [6.07, 6.45) is 1.79. The van der Waals surface area contributed by atoms with Crippen molar-refractivity contribution in [1.29, 1.82) is 5.26 Å². The quantitative estimate of drug-likeness (QED) is 0.158. The van der Waals surface area contributed by atoms with E-state index >= 15 is 0 Å². The van der Waals surface area contributed by atoms with E-state index in [9.17, 15) is 9.59 Å². The van der Waals surface area contributed by atoms with E-state index in [0.29, 0.717) is 60.0 Å². The van der Waals surface area contributed by atoms with Crippen molar-refractivity contribution in [3.8, 4) is 23.3 Å². The molecule has 1 aromatic heterocycles. The third-order valence-corrected chi connectivity index (χ3v) is 9.43. The third-order valence-electron chi connectivity index (χ3n) is 7.83. The van der Waals surface area contributed by atoms with Gasteiger partial charge in [0.15, 0.2) is 16.3 Å². The Morgan fingerprint density at radius 2 is 1.71 bits per heavy atom. The van der Waals surface area contributed by atoms with Crippen LogP contribution in [0.4, 0.5) is 0 Å². The zero-order valence-electron chi connectivity index (χ0n) is 26.8. The van der Waals surface area contributed by atoms with Gasteiger partial charge in [-0.15, -0.1) is 0 Å². The van der Waals surface area contributed by atoms with Crippen LogP contribution in [0.3, 0.4) is 0 Å². The van der Waals surface area contributed by atoms with Crippen molar-refractivity contribution in [1.82, 2.24) is 4.57 Å². The summed E-state index contributed by atoms with van der Waals surface area (Å²) in [4.78, 5) is 33.4. The monoisotopic (exact) mass is 735 g/mol. The SMILES string of the molecule is CCOC(=O)C1=C(c2ccccc2)N=c2s/c(=C\c3ccc(OCc4ccc(C#N)cc4)c(Br)c3)c(=O)n2[C@@H]1c1ccc(OC)c(OC)c1. The topological polar surface area (TPSA) is 112 Å². The second-order valence-corrected chi connectivity index (χ2v) is 12.7. The molecule has 0 unspecified atom stereocenters. The van der Waals surface area contributed by atoms with E-state index in [-0.39, 0.29) is 17.7 Å². The molecule has 0 radical (unpaired) electrons. The number of hydrogen-bond acceptors (Lipinski definition) is 9. The first-order chi connectivity index (χ1) is 23.8. The number of benzene rings is 4. The van der Waals surface area contributed by atoms with Gasteiger partial charge in [-0.3, -0.25) is 9.36 Å². The molecule has 2 heterocycles. The van der Waals surface area contributed by atoms with Crippen molar-refractivity contribution in [3.05, 3.63) is 149 Å². The summed E-state index contributed by atoms with van der Waals surface area (Å²) >= 11 is 4.84. The molecule has 0 amide bonds. The lowest BCUT2D eigenvalue weighted by molar-refractivity contribution is -0.138. The molecule has 6 rings (SSSR count). The van der Waals surface area contributed by atoms with Gasteiger partial charge in [-0.1, -0.05) is 65.9 Å². The van der Waals surface area contributed by atoms with Crippen molar-refractivity contribution >= 4 is 45.0 Å². The van der Waals surface area contributed by atoms with Crippen LogP contribution in [0.1, 0.15) is 40.8 Å². The number of nitrogens with zero attached hydrogens (tertiary/aromatic N) is 3. The highest BCUT2D eigenvalue weighted by Gasteiger charge is 2.35. The third kappa shape index (κ3) is 6.92. The van der Waals surface area contributed by atoms with E-state index in [1.807, 2.05) is 66.7 Å². The molecular weight excluding hydrogens is 706 g/mol. The van der Waals surface area contributed by atoms with Gasteiger partial charge in [0, 0.05) is 5.56 Å². The Labute approximate surface area is 294 Å². The van der Waals surface area contributed by atoms with Gasteiger partial charge in [0.25, 0.3) is 5.56 Å². The number of thiazole rings is 1. The van der Waals surface area contributed by atoms with Gasteiger partial charge in [-0.05, 0) is 82.0 Å². The summed E-state index contributed by atoms with van der Waals surface area (Å²) < 4.78 is 25.3. The molecule has 0 aliphatic carbocycles. The maximum absolute atomic E-state index is 14.3. The smallest absolute Gasteiger partial charge is 0.338 e. The summed E-state index contributed by atoms with van der Waals surface area (Å²) in [5.41, 5.74) is 3.98. The van der Waals surface area contributed by atoms with Gasteiger partial charge in [-0.25, -0.2) is 9.79 Å². The standard InChI is InChI=1S/C38H30BrN3O6S/c1-4-47-37(44)33-34(26-8-6-5-7-9-26)41-38-42(35(33)27-15-17-30(45-2)31(20-27)46-3)36(43)32(49-38)19-25-14-16-29(28(39)18-25)48-22-24-12-10-23(21-40)11-13-24/h5-20,35H,4,22H2,1-3H3/b32-19-/t35-/m1/s1. The largest absolute Gasteiger partial charge is 0.493 e. The van der Waals surface area contributed by atoms with Crippen molar-refractivity contribution in [3.63, 3.8) is 0 Å². The average molecular weight is 737 g/mol. The summed E-state index contributed by atoms with van der Waals surface area (Å²) in [5.74, 6) is 1.02. The molecule has 0 bridgehead atoms. The number of esters is 1. The number of carbonyl (C=O) groups is 1. The van der Waals surface area contributed by atoms with Crippen LogP contribution in [0.25, 0.3) is 11.8 Å². The Kier molecular flexibility index (Phi) is 10.1. The number of halogens is 1. The van der Waals surface area contributed by atoms with E-state index in [1.54, 1.807) is 48.9 Å². The second-order valence-electron chi connectivity index (χ2n) is 10.8. The summed E-state index contributed by atoms with van der Waals surface area (Å²) in [7, 11) is 3.08. The summed E-state index contributed by atoms with van der Waals surface area (Å²) in [6.45, 7) is 2.21. The van der Waals surface area contributed by atoms with E-state index in [4.69, 9.17) is 29.2 Å². The molecule has 4 aromatic carbocycles. The van der Waals surface area contributed by atoms with Crippen molar-refractivity contribution in [2.75, 3.05) is 20.8 Å². The minimum absolute atomic E-state index is 0.148. The fraction of sp³-hybridized carbons (Fsp3) is 0.158. The Bertz CT molecular complexity index is 2290. The zero-order chi connectivity index (χ0) is 34.5. The van der Waals surface area contributed by atoms with Gasteiger partial charge in [0.1, 0.15) is 12.4 Å². The Morgan fingerprint density at radius 3 is 2.39 bits per heavy atom. The predicted molar refractivity (Wildman–Crippen MR) is 190 cm³/mol. The first-order valence-corrected chi connectivity index (χ1v) is 16.9. The van der Waals surface area contributed by atoms with Crippen molar-refractivity contribution in [2.45, 2.75) is 19.6 Å². The summed E-state index contributed by atoms with van der Waals surface area (Å²) in [6, 6.07) is 28.7. The minimum atomic E-state index is -0.864. The molecule has 0 N–H and O–H groups in total. The lowest BCUT2D eigenvalue weighted by atomic mass is 9.93. The number of ether oxygens (including phenoxy) is 4. The van der Waals surface area contributed by atoms with E-state index in [2.05, 4.69) is 22.0 Å². The number of rotatable bonds is 10. The molecule has 0 saturated carbocycles. The molecule has 1 aliphatic heterocycles. The maximum Gasteiger partial charge on any atom is 0.338 e. The van der Waals surface area contributed by atoms with Crippen LogP contribution in [0.5, 0.6) is 17.2 Å². The predicted octanol–water partition coefficient (Wildman–Crippen LogP) is 6.17. The van der Waals surface area contributed by atoms with Crippen molar-refractivity contribution in [2.24, 2.45) is 4.99 Å². The van der Waals surface area contributed by atoms with Crippen LogP contribution in [-0.4, -0.2) is 31.4 Å². The van der Waals surface area contributed by atoms with E-state index < -0.39 is 12.0 Å².